The second kappa shape index (κ2) is 12.4. The predicted octanol–water partition coefficient (Wildman–Crippen LogP) is 4.28. The lowest BCUT2D eigenvalue weighted by Gasteiger charge is -2.15. The molecule has 4 aromatic rings. The first kappa shape index (κ1) is 29.4. The fraction of sp³-hybridized carbons (Fsp3) is 0.414. The van der Waals surface area contributed by atoms with Gasteiger partial charge in [-0.3, -0.25) is 9.52 Å². The summed E-state index contributed by atoms with van der Waals surface area (Å²) in [5, 5.41) is 4.75. The first-order valence-electron chi connectivity index (χ1n) is 13.8. The Morgan fingerprint density at radius 3 is 2.50 bits per heavy atom. The molecule has 13 heteroatoms. The smallest absolute Gasteiger partial charge is 0.277 e. The number of methoxy groups -OCH3 is 2. The third kappa shape index (κ3) is 5.93. The van der Waals surface area contributed by atoms with Crippen molar-refractivity contribution in [3.63, 3.8) is 0 Å². The zero-order valence-corrected chi connectivity index (χ0v) is 24.9. The monoisotopic (exact) mass is 597 g/mol. The van der Waals surface area contributed by atoms with Crippen LogP contribution in [0.5, 0.6) is 17.2 Å². The summed E-state index contributed by atoms with van der Waals surface area (Å²) < 4.78 is 53.1. The van der Waals surface area contributed by atoms with Crippen molar-refractivity contribution in [2.45, 2.75) is 50.3 Å². The fourth-order valence-corrected chi connectivity index (χ4v) is 6.28. The van der Waals surface area contributed by atoms with Gasteiger partial charge in [0.25, 0.3) is 15.6 Å². The fourth-order valence-electron chi connectivity index (χ4n) is 5.21. The molecule has 0 spiro atoms. The van der Waals surface area contributed by atoms with Crippen molar-refractivity contribution in [1.82, 2.24) is 19.6 Å². The van der Waals surface area contributed by atoms with Crippen LogP contribution in [-0.2, 0) is 14.8 Å². The van der Waals surface area contributed by atoms with E-state index in [1.165, 1.54) is 19.2 Å². The molecule has 2 aromatic heterocycles. The number of nitrogens with zero attached hydrogens (tertiary/aromatic N) is 3. The molecule has 1 aliphatic carbocycles. The molecule has 0 amide bonds. The average molecular weight is 598 g/mol. The summed E-state index contributed by atoms with van der Waals surface area (Å²) in [6.07, 6.45) is 4.17. The van der Waals surface area contributed by atoms with E-state index in [1.807, 2.05) is 6.92 Å². The molecule has 0 atom stereocenters. The summed E-state index contributed by atoms with van der Waals surface area (Å²) in [6, 6.07) is 9.17. The molecule has 0 bridgehead atoms. The van der Waals surface area contributed by atoms with Gasteiger partial charge in [-0.25, -0.2) is 17.9 Å². The molecule has 42 heavy (non-hydrogen) atoms. The number of hydrogen-bond acceptors (Lipinski definition) is 9. The van der Waals surface area contributed by atoms with Gasteiger partial charge in [0.15, 0.2) is 22.8 Å². The second-order valence-electron chi connectivity index (χ2n) is 10.0. The molecule has 0 aliphatic heterocycles. The Bertz CT molecular complexity index is 1740. The van der Waals surface area contributed by atoms with Gasteiger partial charge in [-0.15, -0.1) is 5.10 Å². The molecule has 12 nitrogen and oxygen atoms in total. The van der Waals surface area contributed by atoms with Crippen LogP contribution in [0.15, 0.2) is 46.1 Å². The van der Waals surface area contributed by atoms with Crippen LogP contribution < -0.4 is 24.5 Å². The van der Waals surface area contributed by atoms with Crippen LogP contribution in [0, 0.1) is 6.92 Å². The van der Waals surface area contributed by atoms with E-state index in [0.29, 0.717) is 47.2 Å². The third-order valence-corrected chi connectivity index (χ3v) is 8.58. The number of benzene rings is 2. The van der Waals surface area contributed by atoms with Gasteiger partial charge in [-0.2, -0.15) is 0 Å². The SMILES string of the molecule is CCOc1ccc(S(=O)(=O)Nc2ccc(OC)c(OCCOC)c2)cc1-c1nn2c(C3CCCC3)nc(C)c2c(=O)[nH]1. The Labute approximate surface area is 244 Å². The van der Waals surface area contributed by atoms with Crippen LogP contribution in [-0.4, -0.2) is 62.0 Å². The van der Waals surface area contributed by atoms with Crippen LogP contribution in [0.1, 0.15) is 50.0 Å². The molecule has 1 saturated carbocycles. The molecule has 5 rings (SSSR count). The third-order valence-electron chi connectivity index (χ3n) is 7.20. The highest BCUT2D eigenvalue weighted by atomic mass is 32.2. The highest BCUT2D eigenvalue weighted by molar-refractivity contribution is 7.92. The molecular formula is C29H35N5O7S. The number of aromatic amines is 1. The summed E-state index contributed by atoms with van der Waals surface area (Å²) in [5.41, 5.74) is 1.24. The average Bonchev–Trinajstić information content (AvgIpc) is 3.62. The minimum Gasteiger partial charge on any atom is -0.493 e. The Morgan fingerprint density at radius 2 is 1.79 bits per heavy atom. The molecule has 1 fully saturated rings. The molecule has 2 N–H and O–H groups in total. The Balaban J connectivity index is 1.54. The molecular weight excluding hydrogens is 562 g/mol. The molecule has 2 heterocycles. The minimum absolute atomic E-state index is 0.0424. The summed E-state index contributed by atoms with van der Waals surface area (Å²) in [7, 11) is -1.01. The summed E-state index contributed by atoms with van der Waals surface area (Å²) in [4.78, 5) is 20.7. The van der Waals surface area contributed by atoms with E-state index in [9.17, 15) is 13.2 Å². The zero-order chi connectivity index (χ0) is 29.9. The number of rotatable bonds is 12. The molecule has 1 aliphatic rings. The van der Waals surface area contributed by atoms with Crippen molar-refractivity contribution in [1.29, 1.82) is 0 Å². The first-order valence-corrected chi connectivity index (χ1v) is 15.3. The Hall–Kier alpha value is -4.10. The van der Waals surface area contributed by atoms with E-state index >= 15 is 0 Å². The van der Waals surface area contributed by atoms with Gasteiger partial charge < -0.3 is 23.9 Å². The van der Waals surface area contributed by atoms with Gasteiger partial charge in [0.1, 0.15) is 18.2 Å². The lowest BCUT2D eigenvalue weighted by Crippen LogP contribution is -2.17. The van der Waals surface area contributed by atoms with E-state index in [0.717, 1.165) is 31.5 Å². The van der Waals surface area contributed by atoms with Crippen LogP contribution in [0.4, 0.5) is 5.69 Å². The summed E-state index contributed by atoms with van der Waals surface area (Å²) >= 11 is 0. The maximum Gasteiger partial charge on any atom is 0.277 e. The summed E-state index contributed by atoms with van der Waals surface area (Å²) in [5.74, 6) is 2.35. The van der Waals surface area contributed by atoms with Crippen LogP contribution in [0.25, 0.3) is 16.9 Å². The number of ether oxygens (including phenoxy) is 4. The number of H-pyrrole nitrogens is 1. The highest BCUT2D eigenvalue weighted by Gasteiger charge is 2.26. The van der Waals surface area contributed by atoms with Gasteiger partial charge in [0, 0.05) is 19.1 Å². The highest BCUT2D eigenvalue weighted by Crippen LogP contribution is 2.36. The standard InChI is InChI=1S/C29H35N5O7S/c1-5-40-23-13-11-21(42(36,37)33-20-10-12-24(39-4)25(16-20)41-15-14-38-3)17-22(23)27-31-29(35)26-18(2)30-28(34(26)32-27)19-8-6-7-9-19/h10-13,16-17,19,33H,5-9,14-15H2,1-4H3,(H,31,32,35). The van der Waals surface area contributed by atoms with Crippen molar-refractivity contribution in [3.8, 4) is 28.6 Å². The van der Waals surface area contributed by atoms with Crippen molar-refractivity contribution in [2.24, 2.45) is 0 Å². The van der Waals surface area contributed by atoms with Crippen LogP contribution in [0.2, 0.25) is 0 Å². The number of imidazole rings is 1. The zero-order valence-electron chi connectivity index (χ0n) is 24.1. The van der Waals surface area contributed by atoms with E-state index in [-0.39, 0.29) is 34.5 Å². The Kier molecular flexibility index (Phi) is 8.69. The maximum atomic E-state index is 13.5. The van der Waals surface area contributed by atoms with Gasteiger partial charge >= 0.3 is 0 Å². The summed E-state index contributed by atoms with van der Waals surface area (Å²) in [6.45, 7) is 4.57. The molecule has 0 saturated heterocycles. The van der Waals surface area contributed by atoms with E-state index in [4.69, 9.17) is 24.0 Å². The lowest BCUT2D eigenvalue weighted by atomic mass is 10.1. The number of anilines is 1. The van der Waals surface area contributed by atoms with E-state index in [1.54, 1.807) is 42.8 Å². The van der Waals surface area contributed by atoms with Crippen molar-refractivity contribution >= 4 is 21.2 Å². The van der Waals surface area contributed by atoms with Crippen molar-refractivity contribution in [3.05, 3.63) is 58.3 Å². The number of nitrogens with one attached hydrogen (secondary N) is 2. The second-order valence-corrected chi connectivity index (χ2v) is 11.7. The van der Waals surface area contributed by atoms with Gasteiger partial charge in [-0.05, 0) is 57.0 Å². The molecule has 2 aromatic carbocycles. The van der Waals surface area contributed by atoms with Gasteiger partial charge in [0.2, 0.25) is 0 Å². The molecule has 224 valence electrons. The quantitative estimate of drug-likeness (QED) is 0.228. The largest absolute Gasteiger partial charge is 0.493 e. The number of aromatic nitrogens is 4. The number of sulfonamides is 1. The molecule has 0 unspecified atom stereocenters. The predicted molar refractivity (Wildman–Crippen MR) is 157 cm³/mol. The molecule has 0 radical (unpaired) electrons. The maximum absolute atomic E-state index is 13.5. The van der Waals surface area contributed by atoms with Gasteiger partial charge in [0.05, 0.1) is 42.2 Å². The van der Waals surface area contributed by atoms with Crippen LogP contribution >= 0.6 is 0 Å². The minimum atomic E-state index is -4.07. The van der Waals surface area contributed by atoms with Crippen molar-refractivity contribution in [2.75, 3.05) is 38.8 Å². The van der Waals surface area contributed by atoms with E-state index in [2.05, 4.69) is 14.7 Å². The van der Waals surface area contributed by atoms with Crippen LogP contribution in [0.3, 0.4) is 0 Å². The van der Waals surface area contributed by atoms with Gasteiger partial charge in [-0.1, -0.05) is 12.8 Å². The normalized spacial score (nSPS) is 13.9. The number of fused-ring (bicyclic) bond motifs is 1. The van der Waals surface area contributed by atoms with Crippen molar-refractivity contribution < 1.29 is 27.4 Å². The Morgan fingerprint density at radius 1 is 1.02 bits per heavy atom. The number of aryl methyl sites for hydroxylation is 1. The number of hydrogen-bond donors (Lipinski definition) is 2. The lowest BCUT2D eigenvalue weighted by molar-refractivity contribution is 0.144. The topological polar surface area (TPSA) is 146 Å². The first-order chi connectivity index (χ1) is 20.2. The van der Waals surface area contributed by atoms with E-state index < -0.39 is 10.0 Å².